The van der Waals surface area contributed by atoms with E-state index in [1.807, 2.05) is 6.92 Å². The average molecular weight is 374 g/mol. The van der Waals surface area contributed by atoms with Crippen LogP contribution in [-0.2, 0) is 0 Å². The zero-order valence-electron chi connectivity index (χ0n) is 14.7. The quantitative estimate of drug-likeness (QED) is 0.606. The smallest absolute Gasteiger partial charge is 0.278 e. The number of pyridine rings is 1. The highest BCUT2D eigenvalue weighted by atomic mass is 35.5. The Hall–Kier alpha value is -2.64. The fourth-order valence-corrected chi connectivity index (χ4v) is 2.67. The van der Waals surface area contributed by atoms with Crippen molar-refractivity contribution in [1.29, 1.82) is 0 Å². The van der Waals surface area contributed by atoms with Gasteiger partial charge in [0.25, 0.3) is 5.56 Å². The van der Waals surface area contributed by atoms with Crippen LogP contribution in [0, 0.1) is 0 Å². The summed E-state index contributed by atoms with van der Waals surface area (Å²) in [6.45, 7) is 5.17. The maximum Gasteiger partial charge on any atom is 0.278 e. The largest absolute Gasteiger partial charge is 0.388 e. The van der Waals surface area contributed by atoms with Gasteiger partial charge < -0.3 is 16.3 Å². The Morgan fingerprint density at radius 1 is 1.31 bits per heavy atom. The molecule has 2 aromatic heterocycles. The van der Waals surface area contributed by atoms with Gasteiger partial charge in [-0.05, 0) is 32.9 Å². The molecule has 0 amide bonds. The molecule has 0 saturated carbocycles. The zero-order chi connectivity index (χ0) is 19.1. The second-order valence-electron chi connectivity index (χ2n) is 6.71. The topological polar surface area (TPSA) is 106 Å². The number of aliphatic hydroxyl groups is 1. The molecule has 136 valence electrons. The lowest BCUT2D eigenvalue weighted by Gasteiger charge is -2.26. The fourth-order valence-electron chi connectivity index (χ4n) is 2.43. The molecular weight excluding hydrogens is 354 g/mol. The summed E-state index contributed by atoms with van der Waals surface area (Å²) < 4.78 is 0.982. The van der Waals surface area contributed by atoms with Crippen molar-refractivity contribution in [3.05, 3.63) is 51.9 Å². The number of hydrogen-bond acceptors (Lipinski definition) is 6. The summed E-state index contributed by atoms with van der Waals surface area (Å²) in [7, 11) is 0. The van der Waals surface area contributed by atoms with Crippen LogP contribution < -0.4 is 16.7 Å². The third kappa shape index (κ3) is 3.36. The van der Waals surface area contributed by atoms with Gasteiger partial charge in [0.1, 0.15) is 0 Å². The Morgan fingerprint density at radius 3 is 2.65 bits per heavy atom. The molecule has 0 aliphatic carbocycles. The van der Waals surface area contributed by atoms with Gasteiger partial charge in [-0.3, -0.25) is 4.79 Å². The number of fused-ring (bicyclic) bond motifs is 1. The Labute approximate surface area is 155 Å². The van der Waals surface area contributed by atoms with E-state index in [0.29, 0.717) is 21.5 Å². The molecule has 3 aromatic rings. The van der Waals surface area contributed by atoms with Gasteiger partial charge in [0.2, 0.25) is 5.95 Å². The number of nitrogens with two attached hydrogens (primary N) is 1. The highest BCUT2D eigenvalue weighted by Gasteiger charge is 2.23. The predicted molar refractivity (Wildman–Crippen MR) is 104 cm³/mol. The van der Waals surface area contributed by atoms with E-state index in [1.165, 1.54) is 0 Å². The van der Waals surface area contributed by atoms with E-state index in [0.717, 1.165) is 4.68 Å². The molecule has 1 atom stereocenters. The maximum atomic E-state index is 12.7. The summed E-state index contributed by atoms with van der Waals surface area (Å²) in [6, 6.07) is 8.42. The molecule has 0 saturated heterocycles. The summed E-state index contributed by atoms with van der Waals surface area (Å²) in [5.41, 5.74) is -0.121. The van der Waals surface area contributed by atoms with E-state index in [2.05, 4.69) is 15.3 Å². The van der Waals surface area contributed by atoms with E-state index in [1.54, 1.807) is 50.4 Å². The number of nitrogens with zero attached hydrogens (tertiary/aromatic N) is 3. The first-order valence-corrected chi connectivity index (χ1v) is 8.48. The normalized spacial score (nSPS) is 13.0. The predicted octanol–water partition coefficient (Wildman–Crippen LogP) is 2.40. The summed E-state index contributed by atoms with van der Waals surface area (Å²) in [5, 5.41) is 14.1. The van der Waals surface area contributed by atoms with Gasteiger partial charge >= 0.3 is 0 Å². The van der Waals surface area contributed by atoms with Crippen molar-refractivity contribution < 1.29 is 5.11 Å². The van der Waals surface area contributed by atoms with Crippen LogP contribution in [0.25, 0.3) is 22.2 Å². The summed E-state index contributed by atoms with van der Waals surface area (Å²) in [4.78, 5) is 21.3. The molecule has 3 rings (SSSR count). The van der Waals surface area contributed by atoms with Crippen molar-refractivity contribution in [3.8, 4) is 11.1 Å². The number of anilines is 1. The molecule has 0 unspecified atom stereocenters. The summed E-state index contributed by atoms with van der Waals surface area (Å²) in [6.07, 6.45) is 1.57. The van der Waals surface area contributed by atoms with Crippen LogP contribution in [-0.4, -0.2) is 31.4 Å². The molecule has 4 N–H and O–H groups in total. The third-order valence-corrected chi connectivity index (χ3v) is 4.67. The molecule has 26 heavy (non-hydrogen) atoms. The van der Waals surface area contributed by atoms with Crippen LogP contribution >= 0.6 is 11.6 Å². The number of hydrogen-bond donors (Lipinski definition) is 3. The first-order valence-electron chi connectivity index (χ1n) is 8.10. The van der Waals surface area contributed by atoms with Crippen LogP contribution in [0.4, 0.5) is 5.95 Å². The number of halogens is 1. The fraction of sp³-hybridized carbons (Fsp3) is 0.278. The minimum absolute atomic E-state index is 0.274. The molecule has 8 heteroatoms. The second kappa shape index (κ2) is 6.59. The van der Waals surface area contributed by atoms with Crippen molar-refractivity contribution in [2.75, 3.05) is 11.2 Å². The molecule has 7 nitrogen and oxygen atoms in total. The molecule has 0 radical (unpaired) electrons. The number of nitrogen functional groups attached to an aromatic ring is 1. The molecular formula is C18H20ClN5O2. The highest BCUT2D eigenvalue weighted by Crippen LogP contribution is 2.26. The number of nitrogens with one attached hydrogen (secondary N) is 1. The van der Waals surface area contributed by atoms with Crippen LogP contribution in [0.5, 0.6) is 0 Å². The lowest BCUT2D eigenvalue weighted by atomic mass is 10.0. The molecule has 0 fully saturated rings. The highest BCUT2D eigenvalue weighted by molar-refractivity contribution is 6.33. The Bertz CT molecular complexity index is 1030. The monoisotopic (exact) mass is 373 g/mol. The minimum Gasteiger partial charge on any atom is -0.388 e. The second-order valence-corrected chi connectivity index (χ2v) is 7.11. The SMILES string of the molecule is C[C@H](Nc1ncc2cc(-c3ccccc3Cl)c(=O)n(N)c2n1)C(C)(C)O. The first kappa shape index (κ1) is 18.2. The molecule has 0 bridgehead atoms. The van der Waals surface area contributed by atoms with Gasteiger partial charge in [-0.15, -0.1) is 0 Å². The van der Waals surface area contributed by atoms with E-state index in [4.69, 9.17) is 17.4 Å². The Balaban J connectivity index is 2.11. The van der Waals surface area contributed by atoms with E-state index in [9.17, 15) is 9.90 Å². The van der Waals surface area contributed by atoms with Gasteiger partial charge in [0.15, 0.2) is 5.65 Å². The molecule has 0 aliphatic heterocycles. The number of benzene rings is 1. The van der Waals surface area contributed by atoms with E-state index >= 15 is 0 Å². The van der Waals surface area contributed by atoms with Crippen molar-refractivity contribution in [1.82, 2.24) is 14.6 Å². The van der Waals surface area contributed by atoms with Crippen molar-refractivity contribution in [2.45, 2.75) is 32.4 Å². The Kier molecular flexibility index (Phi) is 4.60. The molecule has 0 spiro atoms. The number of aromatic nitrogens is 3. The van der Waals surface area contributed by atoms with Crippen LogP contribution in [0.1, 0.15) is 20.8 Å². The van der Waals surface area contributed by atoms with Gasteiger partial charge in [-0.1, -0.05) is 29.8 Å². The van der Waals surface area contributed by atoms with Crippen molar-refractivity contribution in [3.63, 3.8) is 0 Å². The van der Waals surface area contributed by atoms with Crippen molar-refractivity contribution in [2.24, 2.45) is 0 Å². The first-order chi connectivity index (χ1) is 12.2. The summed E-state index contributed by atoms with van der Waals surface area (Å²) in [5.74, 6) is 6.26. The van der Waals surface area contributed by atoms with Crippen molar-refractivity contribution >= 4 is 28.6 Å². The molecule has 2 heterocycles. The van der Waals surface area contributed by atoms with Gasteiger partial charge in [0.05, 0.1) is 17.2 Å². The maximum absolute atomic E-state index is 12.7. The van der Waals surface area contributed by atoms with Crippen LogP contribution in [0.3, 0.4) is 0 Å². The zero-order valence-corrected chi connectivity index (χ0v) is 15.4. The Morgan fingerprint density at radius 2 is 2.00 bits per heavy atom. The standard InChI is InChI=1S/C18H20ClN5O2/c1-10(18(2,3)26)22-17-21-9-11-8-13(12-6-4-5-7-14(12)19)16(25)24(20)15(11)23-17/h4-10,26H,20H2,1-3H3,(H,21,22,23)/t10-/m0/s1. The van der Waals surface area contributed by atoms with Crippen LogP contribution in [0.2, 0.25) is 5.02 Å². The third-order valence-electron chi connectivity index (χ3n) is 4.34. The van der Waals surface area contributed by atoms with Gasteiger partial charge in [-0.25, -0.2) is 9.66 Å². The molecule has 1 aromatic carbocycles. The van der Waals surface area contributed by atoms with E-state index in [-0.39, 0.29) is 17.6 Å². The van der Waals surface area contributed by atoms with Crippen LogP contribution in [0.15, 0.2) is 41.3 Å². The van der Waals surface area contributed by atoms with E-state index < -0.39 is 11.2 Å². The van der Waals surface area contributed by atoms with Gasteiger partial charge in [0, 0.05) is 22.2 Å². The summed E-state index contributed by atoms with van der Waals surface area (Å²) >= 11 is 6.21. The average Bonchev–Trinajstić information content (AvgIpc) is 2.58. The number of rotatable bonds is 4. The lowest BCUT2D eigenvalue weighted by Crippen LogP contribution is -2.40. The minimum atomic E-state index is -0.964. The molecule has 0 aliphatic rings. The van der Waals surface area contributed by atoms with Gasteiger partial charge in [-0.2, -0.15) is 4.98 Å². The lowest BCUT2D eigenvalue weighted by molar-refractivity contribution is 0.0646.